The van der Waals surface area contributed by atoms with Gasteiger partial charge in [-0.25, -0.2) is 4.39 Å². The van der Waals surface area contributed by atoms with Crippen LogP contribution in [0.3, 0.4) is 0 Å². The Morgan fingerprint density at radius 1 is 1.21 bits per heavy atom. The summed E-state index contributed by atoms with van der Waals surface area (Å²) in [6, 6.07) is 9.38. The normalized spacial score (nSPS) is 10.6. The molecule has 2 N–H and O–H groups in total. The molecule has 0 saturated carbocycles. The number of halogens is 1. The number of carbonyl (C=O) groups excluding carboxylic acids is 1. The van der Waals surface area contributed by atoms with E-state index in [1.165, 1.54) is 24.5 Å². The minimum absolute atomic E-state index is 0.165. The third-order valence-electron chi connectivity index (χ3n) is 3.84. The molecule has 0 aliphatic carbocycles. The Kier molecular flexibility index (Phi) is 4.04. The Balaban J connectivity index is 2.00. The van der Waals surface area contributed by atoms with Gasteiger partial charge >= 0.3 is 0 Å². The first-order chi connectivity index (χ1) is 11.5. The summed E-state index contributed by atoms with van der Waals surface area (Å²) in [6.07, 6.45) is 2.92. The number of aromatic amines is 1. The van der Waals surface area contributed by atoms with Crippen molar-refractivity contribution in [3.05, 3.63) is 81.8 Å². The number of pyridine rings is 1. The fourth-order valence-electron chi connectivity index (χ4n) is 2.70. The maximum Gasteiger partial charge on any atom is 0.257 e. The van der Waals surface area contributed by atoms with E-state index in [2.05, 4.69) is 10.3 Å². The quantitative estimate of drug-likeness (QED) is 0.777. The number of amides is 1. The lowest BCUT2D eigenvalue weighted by atomic mass is 10.2. The largest absolute Gasteiger partial charge is 0.366 e. The predicted molar refractivity (Wildman–Crippen MR) is 90.2 cm³/mol. The topological polar surface area (TPSA) is 66.9 Å². The second kappa shape index (κ2) is 6.16. The number of para-hydroxylation sites is 1. The highest BCUT2D eigenvalue weighted by Crippen LogP contribution is 2.23. The van der Waals surface area contributed by atoms with Crippen LogP contribution >= 0.6 is 0 Å². The molecule has 5 nitrogen and oxygen atoms in total. The minimum Gasteiger partial charge on any atom is -0.366 e. The summed E-state index contributed by atoms with van der Waals surface area (Å²) in [5.41, 5.74) is 1.97. The van der Waals surface area contributed by atoms with Crippen LogP contribution in [0.25, 0.3) is 5.69 Å². The molecule has 6 heteroatoms. The molecular weight excluding hydrogens is 309 g/mol. The standard InChI is InChI=1S/C18H16FN3O2/c1-11-9-13(18(24)21-15-10-20-8-7-17(15)23)12(2)22(11)16-6-4-3-5-14(16)19/h3-10H,1-2H3,(H,20,23)(H,21,24). The van der Waals surface area contributed by atoms with Crippen LogP contribution in [0.1, 0.15) is 21.7 Å². The molecule has 24 heavy (non-hydrogen) atoms. The number of anilines is 1. The first kappa shape index (κ1) is 15.7. The molecule has 0 aliphatic heterocycles. The number of benzene rings is 1. The zero-order valence-corrected chi connectivity index (χ0v) is 13.3. The highest BCUT2D eigenvalue weighted by molar-refractivity contribution is 6.05. The van der Waals surface area contributed by atoms with Crippen molar-refractivity contribution in [3.8, 4) is 5.69 Å². The van der Waals surface area contributed by atoms with Crippen LogP contribution in [-0.4, -0.2) is 15.5 Å². The van der Waals surface area contributed by atoms with E-state index >= 15 is 0 Å². The van der Waals surface area contributed by atoms with E-state index in [0.29, 0.717) is 16.9 Å². The molecule has 1 amide bonds. The second-order valence-corrected chi connectivity index (χ2v) is 5.45. The number of aromatic nitrogens is 2. The van der Waals surface area contributed by atoms with E-state index in [-0.39, 0.29) is 16.9 Å². The lowest BCUT2D eigenvalue weighted by Crippen LogP contribution is -2.18. The van der Waals surface area contributed by atoms with Gasteiger partial charge in [0.15, 0.2) is 0 Å². The van der Waals surface area contributed by atoms with Crippen LogP contribution in [0.15, 0.2) is 53.6 Å². The molecule has 0 bridgehead atoms. The van der Waals surface area contributed by atoms with Gasteiger partial charge < -0.3 is 14.9 Å². The van der Waals surface area contributed by atoms with Gasteiger partial charge in [-0.3, -0.25) is 9.59 Å². The molecule has 0 radical (unpaired) electrons. The van der Waals surface area contributed by atoms with E-state index in [9.17, 15) is 14.0 Å². The smallest absolute Gasteiger partial charge is 0.257 e. The van der Waals surface area contributed by atoms with Gasteiger partial charge in [0, 0.05) is 29.8 Å². The maximum absolute atomic E-state index is 14.1. The summed E-state index contributed by atoms with van der Waals surface area (Å²) in [5, 5.41) is 2.58. The van der Waals surface area contributed by atoms with Crippen molar-refractivity contribution in [1.29, 1.82) is 0 Å². The molecule has 2 heterocycles. The number of nitrogens with zero attached hydrogens (tertiary/aromatic N) is 1. The second-order valence-electron chi connectivity index (χ2n) is 5.45. The summed E-state index contributed by atoms with van der Waals surface area (Å²) < 4.78 is 15.8. The van der Waals surface area contributed by atoms with E-state index in [0.717, 1.165) is 5.69 Å². The van der Waals surface area contributed by atoms with Crippen LogP contribution in [0, 0.1) is 19.7 Å². The molecule has 2 aromatic heterocycles. The van der Waals surface area contributed by atoms with Gasteiger partial charge in [0.2, 0.25) is 5.43 Å². The molecule has 0 spiro atoms. The summed E-state index contributed by atoms with van der Waals surface area (Å²) in [5.74, 6) is -0.784. The van der Waals surface area contributed by atoms with Crippen LogP contribution < -0.4 is 10.7 Å². The van der Waals surface area contributed by atoms with E-state index < -0.39 is 5.91 Å². The van der Waals surface area contributed by atoms with Crippen LogP contribution in [0.5, 0.6) is 0 Å². The summed E-state index contributed by atoms with van der Waals surface area (Å²) in [4.78, 5) is 27.0. The first-order valence-electron chi connectivity index (χ1n) is 7.41. The van der Waals surface area contributed by atoms with Crippen molar-refractivity contribution in [2.24, 2.45) is 0 Å². The van der Waals surface area contributed by atoms with Gasteiger partial charge in [-0.2, -0.15) is 0 Å². The number of hydrogen-bond acceptors (Lipinski definition) is 2. The molecule has 1 aromatic carbocycles. The van der Waals surface area contributed by atoms with Gasteiger partial charge in [0.25, 0.3) is 5.91 Å². The average molecular weight is 325 g/mol. The monoisotopic (exact) mass is 325 g/mol. The fourth-order valence-corrected chi connectivity index (χ4v) is 2.70. The third-order valence-corrected chi connectivity index (χ3v) is 3.84. The lowest BCUT2D eigenvalue weighted by molar-refractivity contribution is 0.102. The third kappa shape index (κ3) is 2.74. The van der Waals surface area contributed by atoms with Gasteiger partial charge in [-0.1, -0.05) is 12.1 Å². The molecule has 0 unspecified atom stereocenters. The molecule has 0 aliphatic rings. The Bertz CT molecular complexity index is 972. The van der Waals surface area contributed by atoms with Gasteiger partial charge in [-0.15, -0.1) is 0 Å². The van der Waals surface area contributed by atoms with Crippen molar-refractivity contribution >= 4 is 11.6 Å². The number of rotatable bonds is 3. The Labute approximate surface area is 137 Å². The fraction of sp³-hybridized carbons (Fsp3) is 0.111. The number of aryl methyl sites for hydroxylation is 1. The van der Waals surface area contributed by atoms with Gasteiger partial charge in [-0.05, 0) is 32.0 Å². The van der Waals surface area contributed by atoms with Gasteiger partial charge in [0.1, 0.15) is 11.5 Å². The molecule has 122 valence electrons. The SMILES string of the molecule is Cc1cc(C(=O)Nc2c[nH]ccc2=O)c(C)n1-c1ccccc1F. The Morgan fingerprint density at radius 2 is 1.96 bits per heavy atom. The molecular formula is C18H16FN3O2. The van der Waals surface area contributed by atoms with E-state index in [1.807, 2.05) is 0 Å². The van der Waals surface area contributed by atoms with Crippen molar-refractivity contribution in [1.82, 2.24) is 9.55 Å². The highest BCUT2D eigenvalue weighted by atomic mass is 19.1. The lowest BCUT2D eigenvalue weighted by Gasteiger charge is -2.11. The first-order valence-corrected chi connectivity index (χ1v) is 7.41. The molecule has 0 atom stereocenters. The molecule has 3 aromatic rings. The zero-order chi connectivity index (χ0) is 17.3. The molecule has 0 fully saturated rings. The van der Waals surface area contributed by atoms with Crippen molar-refractivity contribution in [2.75, 3.05) is 5.32 Å². The molecule has 3 rings (SSSR count). The van der Waals surface area contributed by atoms with Crippen LogP contribution in [0.2, 0.25) is 0 Å². The van der Waals surface area contributed by atoms with E-state index in [1.54, 1.807) is 42.7 Å². The minimum atomic E-state index is -0.414. The van der Waals surface area contributed by atoms with Gasteiger partial charge in [0.05, 0.1) is 11.3 Å². The van der Waals surface area contributed by atoms with Crippen molar-refractivity contribution in [2.45, 2.75) is 13.8 Å². The Morgan fingerprint density at radius 3 is 2.67 bits per heavy atom. The number of hydrogen-bond donors (Lipinski definition) is 2. The summed E-state index contributed by atoms with van der Waals surface area (Å²) >= 11 is 0. The van der Waals surface area contributed by atoms with Crippen LogP contribution in [0.4, 0.5) is 10.1 Å². The maximum atomic E-state index is 14.1. The number of carbonyl (C=O) groups is 1. The van der Waals surface area contributed by atoms with Crippen LogP contribution in [-0.2, 0) is 0 Å². The number of H-pyrrole nitrogens is 1. The van der Waals surface area contributed by atoms with Crippen molar-refractivity contribution < 1.29 is 9.18 Å². The summed E-state index contributed by atoms with van der Waals surface area (Å²) in [6.45, 7) is 3.54. The van der Waals surface area contributed by atoms with Crippen molar-refractivity contribution in [3.63, 3.8) is 0 Å². The highest BCUT2D eigenvalue weighted by Gasteiger charge is 2.18. The van der Waals surface area contributed by atoms with E-state index in [4.69, 9.17) is 0 Å². The summed E-state index contributed by atoms with van der Waals surface area (Å²) in [7, 11) is 0. The predicted octanol–water partition coefficient (Wildman–Crippen LogP) is 3.17. The molecule has 0 saturated heterocycles. The number of nitrogens with one attached hydrogen (secondary N) is 2. The Hall–Kier alpha value is -3.15. The average Bonchev–Trinajstić information content (AvgIpc) is 2.85. The zero-order valence-electron chi connectivity index (χ0n) is 13.3.